The molecule has 0 aromatic rings. The van der Waals surface area contributed by atoms with E-state index in [1.54, 1.807) is 0 Å². The van der Waals surface area contributed by atoms with Crippen molar-refractivity contribution in [2.24, 2.45) is 17.8 Å². The zero-order valence-corrected chi connectivity index (χ0v) is 44.1. The van der Waals surface area contributed by atoms with E-state index >= 15 is 0 Å². The molecule has 0 saturated heterocycles. The number of hydrogen-bond acceptors (Lipinski definition) is 6. The molecule has 0 rings (SSSR count). The fraction of sp³-hybridized carbons (Fsp3) is 0.948. The van der Waals surface area contributed by atoms with Crippen molar-refractivity contribution in [2.45, 2.75) is 324 Å². The standard InChI is InChI=1S/C58H112O6/c1-7-54(6)46-40-34-27-23-19-14-12-10-8-9-11-13-15-20-24-28-35-41-47-56(59)62-50-55(51-63-57(60)48-42-36-31-30-33-39-45-53(4)5)64-58(61)49-43-37-29-25-21-17-16-18-22-26-32-38-44-52(2)3/h52-55H,7-51H2,1-6H3/t54?,55-/m0/s1. The highest BCUT2D eigenvalue weighted by atomic mass is 16.6. The molecule has 0 heterocycles. The third kappa shape index (κ3) is 49.8. The van der Waals surface area contributed by atoms with Crippen molar-refractivity contribution in [3.63, 3.8) is 0 Å². The summed E-state index contributed by atoms with van der Waals surface area (Å²) in [6.45, 7) is 13.7. The minimum atomic E-state index is -0.763. The second-order valence-corrected chi connectivity index (χ2v) is 21.1. The monoisotopic (exact) mass is 905 g/mol. The summed E-state index contributed by atoms with van der Waals surface area (Å²) in [6, 6.07) is 0. The first-order chi connectivity index (χ1) is 31.1. The van der Waals surface area contributed by atoms with Crippen LogP contribution in [0.4, 0.5) is 0 Å². The first-order valence-corrected chi connectivity index (χ1v) is 28.6. The molecule has 0 aliphatic carbocycles. The summed E-state index contributed by atoms with van der Waals surface area (Å²) >= 11 is 0. The van der Waals surface area contributed by atoms with Gasteiger partial charge in [0.2, 0.25) is 0 Å². The maximum absolute atomic E-state index is 12.8. The average Bonchev–Trinajstić information content (AvgIpc) is 3.27. The number of carbonyl (C=O) groups is 3. The number of ether oxygens (including phenoxy) is 3. The summed E-state index contributed by atoms with van der Waals surface area (Å²) in [5.74, 6) is 1.65. The average molecular weight is 906 g/mol. The van der Waals surface area contributed by atoms with E-state index in [1.807, 2.05) is 0 Å². The quantitative estimate of drug-likeness (QED) is 0.0344. The summed E-state index contributed by atoms with van der Waals surface area (Å²) in [4.78, 5) is 38.0. The number of rotatable bonds is 51. The van der Waals surface area contributed by atoms with E-state index in [2.05, 4.69) is 41.5 Å². The topological polar surface area (TPSA) is 78.9 Å². The van der Waals surface area contributed by atoms with Crippen LogP contribution in [0.5, 0.6) is 0 Å². The third-order valence-electron chi connectivity index (χ3n) is 13.5. The van der Waals surface area contributed by atoms with E-state index in [0.29, 0.717) is 19.3 Å². The Kier molecular flexibility index (Phi) is 48.1. The highest BCUT2D eigenvalue weighted by molar-refractivity contribution is 5.71. The lowest BCUT2D eigenvalue weighted by molar-refractivity contribution is -0.167. The van der Waals surface area contributed by atoms with Crippen LogP contribution in [-0.2, 0) is 28.6 Å². The van der Waals surface area contributed by atoms with Gasteiger partial charge in [-0.1, -0.05) is 279 Å². The summed E-state index contributed by atoms with van der Waals surface area (Å²) in [5, 5.41) is 0. The minimum absolute atomic E-state index is 0.0646. The van der Waals surface area contributed by atoms with Crippen molar-refractivity contribution < 1.29 is 28.6 Å². The van der Waals surface area contributed by atoms with Gasteiger partial charge in [0.15, 0.2) is 6.10 Å². The predicted octanol–water partition coefficient (Wildman–Crippen LogP) is 18.7. The van der Waals surface area contributed by atoms with Gasteiger partial charge in [-0.15, -0.1) is 0 Å². The molecule has 0 aliphatic heterocycles. The molecule has 2 atom stereocenters. The normalized spacial score (nSPS) is 12.6. The molecule has 0 aliphatic rings. The second-order valence-electron chi connectivity index (χ2n) is 21.1. The lowest BCUT2D eigenvalue weighted by Crippen LogP contribution is -2.30. The molecule has 6 nitrogen and oxygen atoms in total. The molecule has 6 heteroatoms. The summed E-state index contributed by atoms with van der Waals surface area (Å²) in [5.41, 5.74) is 0. The third-order valence-corrected chi connectivity index (χ3v) is 13.5. The number of unbranched alkanes of at least 4 members (excludes halogenated alkanes) is 33. The van der Waals surface area contributed by atoms with Crippen LogP contribution >= 0.6 is 0 Å². The Balaban J connectivity index is 4.18. The van der Waals surface area contributed by atoms with Gasteiger partial charge >= 0.3 is 17.9 Å². The molecule has 0 saturated carbocycles. The summed E-state index contributed by atoms with van der Waals surface area (Å²) in [7, 11) is 0. The zero-order valence-electron chi connectivity index (χ0n) is 44.1. The lowest BCUT2D eigenvalue weighted by atomic mass is 9.99. The van der Waals surface area contributed by atoms with E-state index in [9.17, 15) is 14.4 Å². The Bertz CT molecular complexity index is 993. The van der Waals surface area contributed by atoms with Gasteiger partial charge in [0.25, 0.3) is 0 Å². The molecule has 0 aromatic heterocycles. The first kappa shape index (κ1) is 62.4. The Morgan fingerprint density at radius 3 is 0.812 bits per heavy atom. The van der Waals surface area contributed by atoms with Crippen LogP contribution in [0.3, 0.4) is 0 Å². The fourth-order valence-corrected chi connectivity index (χ4v) is 8.79. The van der Waals surface area contributed by atoms with Crippen molar-refractivity contribution in [1.29, 1.82) is 0 Å². The SMILES string of the molecule is CCC(C)CCCCCCCCCCCCCCCCCCCCC(=O)OC[C@@H](COC(=O)CCCCCCCCC(C)C)OC(=O)CCCCCCCCCCCCCCC(C)C. The molecule has 0 N–H and O–H groups in total. The van der Waals surface area contributed by atoms with Gasteiger partial charge in [-0.05, 0) is 37.0 Å². The van der Waals surface area contributed by atoms with E-state index in [0.717, 1.165) is 75.5 Å². The van der Waals surface area contributed by atoms with Crippen LogP contribution in [0.15, 0.2) is 0 Å². The number of hydrogen-bond donors (Lipinski definition) is 0. The van der Waals surface area contributed by atoms with E-state index < -0.39 is 6.10 Å². The molecular formula is C58H112O6. The van der Waals surface area contributed by atoms with Gasteiger partial charge in [-0.25, -0.2) is 0 Å². The van der Waals surface area contributed by atoms with Gasteiger partial charge in [0, 0.05) is 19.3 Å². The fourth-order valence-electron chi connectivity index (χ4n) is 8.79. The molecule has 0 fully saturated rings. The van der Waals surface area contributed by atoms with E-state index in [4.69, 9.17) is 14.2 Å². The summed E-state index contributed by atoms with van der Waals surface area (Å²) < 4.78 is 16.8. The molecule has 0 aromatic carbocycles. The van der Waals surface area contributed by atoms with Crippen molar-refractivity contribution in [1.82, 2.24) is 0 Å². The molecule has 0 amide bonds. The van der Waals surface area contributed by atoms with Crippen molar-refractivity contribution >= 4 is 17.9 Å². The van der Waals surface area contributed by atoms with E-state index in [1.165, 1.54) is 199 Å². The van der Waals surface area contributed by atoms with Crippen molar-refractivity contribution in [2.75, 3.05) is 13.2 Å². The molecular weight excluding hydrogens is 793 g/mol. The van der Waals surface area contributed by atoms with Gasteiger partial charge in [-0.2, -0.15) is 0 Å². The van der Waals surface area contributed by atoms with Crippen molar-refractivity contribution in [3.8, 4) is 0 Å². The smallest absolute Gasteiger partial charge is 0.306 e. The highest BCUT2D eigenvalue weighted by Gasteiger charge is 2.19. The molecule has 380 valence electrons. The largest absolute Gasteiger partial charge is 0.462 e. The van der Waals surface area contributed by atoms with Crippen LogP contribution in [0.2, 0.25) is 0 Å². The minimum Gasteiger partial charge on any atom is -0.462 e. The molecule has 64 heavy (non-hydrogen) atoms. The van der Waals surface area contributed by atoms with Gasteiger partial charge in [0.05, 0.1) is 0 Å². The van der Waals surface area contributed by atoms with Gasteiger partial charge < -0.3 is 14.2 Å². The van der Waals surface area contributed by atoms with Crippen LogP contribution in [-0.4, -0.2) is 37.2 Å². The number of carbonyl (C=O) groups excluding carboxylic acids is 3. The Morgan fingerprint density at radius 2 is 0.547 bits per heavy atom. The van der Waals surface area contributed by atoms with Crippen LogP contribution in [0.25, 0.3) is 0 Å². The summed E-state index contributed by atoms with van der Waals surface area (Å²) in [6.07, 6.45) is 51.1. The second kappa shape index (κ2) is 49.3. The highest BCUT2D eigenvalue weighted by Crippen LogP contribution is 2.19. The molecule has 0 bridgehead atoms. The Labute approximate surface area is 399 Å². The maximum Gasteiger partial charge on any atom is 0.306 e. The Hall–Kier alpha value is -1.59. The molecule has 1 unspecified atom stereocenters. The lowest BCUT2D eigenvalue weighted by Gasteiger charge is -2.18. The zero-order chi connectivity index (χ0) is 47.0. The van der Waals surface area contributed by atoms with Crippen LogP contribution in [0, 0.1) is 17.8 Å². The number of esters is 3. The molecule has 0 spiro atoms. The first-order valence-electron chi connectivity index (χ1n) is 28.6. The predicted molar refractivity (Wildman–Crippen MR) is 275 cm³/mol. The van der Waals surface area contributed by atoms with Gasteiger partial charge in [0.1, 0.15) is 13.2 Å². The molecule has 0 radical (unpaired) electrons. The Morgan fingerprint density at radius 1 is 0.312 bits per heavy atom. The van der Waals surface area contributed by atoms with E-state index in [-0.39, 0.29) is 31.1 Å². The maximum atomic E-state index is 12.8. The van der Waals surface area contributed by atoms with Crippen LogP contribution in [0.1, 0.15) is 318 Å². The van der Waals surface area contributed by atoms with Crippen LogP contribution < -0.4 is 0 Å². The van der Waals surface area contributed by atoms with Crippen molar-refractivity contribution in [3.05, 3.63) is 0 Å². The van der Waals surface area contributed by atoms with Gasteiger partial charge in [-0.3, -0.25) is 14.4 Å².